The predicted molar refractivity (Wildman–Crippen MR) is 93.0 cm³/mol. The molecule has 0 spiro atoms. The zero-order chi connectivity index (χ0) is 18.6. The van der Waals surface area contributed by atoms with Gasteiger partial charge in [0.2, 0.25) is 5.91 Å². The van der Waals surface area contributed by atoms with E-state index in [2.05, 4.69) is 5.32 Å². The molecule has 0 aliphatic carbocycles. The van der Waals surface area contributed by atoms with Gasteiger partial charge in [-0.25, -0.2) is 4.79 Å². The zero-order valence-electron chi connectivity index (χ0n) is 14.9. The number of amides is 3. The van der Waals surface area contributed by atoms with Crippen LogP contribution in [0.1, 0.15) is 31.4 Å². The van der Waals surface area contributed by atoms with Crippen molar-refractivity contribution in [2.75, 3.05) is 27.2 Å². The van der Waals surface area contributed by atoms with Crippen LogP contribution in [0.15, 0.2) is 30.3 Å². The molecule has 1 aromatic rings. The number of hydrogen-bond donors (Lipinski definition) is 2. The maximum Gasteiger partial charge on any atom is 0.317 e. The Hall–Kier alpha value is -2.57. The lowest BCUT2D eigenvalue weighted by atomic mass is 9.90. The first-order valence-corrected chi connectivity index (χ1v) is 8.27. The second kappa shape index (κ2) is 7.55. The third-order valence-electron chi connectivity index (χ3n) is 4.65. The first-order chi connectivity index (χ1) is 11.7. The number of rotatable bonds is 5. The van der Waals surface area contributed by atoms with Crippen LogP contribution in [0.2, 0.25) is 0 Å². The van der Waals surface area contributed by atoms with E-state index in [0.717, 1.165) is 5.56 Å². The Bertz CT molecular complexity index is 647. The molecule has 1 aromatic carbocycles. The molecule has 0 bridgehead atoms. The molecule has 2 atom stereocenters. The van der Waals surface area contributed by atoms with Crippen molar-refractivity contribution in [1.29, 1.82) is 0 Å². The van der Waals surface area contributed by atoms with Crippen LogP contribution in [0.3, 0.4) is 0 Å². The molecule has 3 amide bonds. The standard InChI is InChI=1S/C18H25N3O4/c1-18(16(23)24)9-10-21(12-18)17(25)19-14(11-15(22)20(2)3)13-7-5-4-6-8-13/h4-8,14H,9-12H2,1-3H3,(H,19,25)(H,23,24). The molecule has 7 heteroatoms. The highest BCUT2D eigenvalue weighted by atomic mass is 16.4. The van der Waals surface area contributed by atoms with Crippen LogP contribution in [0, 0.1) is 5.41 Å². The summed E-state index contributed by atoms with van der Waals surface area (Å²) in [5.41, 5.74) is -0.0785. The van der Waals surface area contributed by atoms with E-state index in [1.165, 1.54) is 9.80 Å². The van der Waals surface area contributed by atoms with Crippen molar-refractivity contribution in [2.45, 2.75) is 25.8 Å². The molecule has 25 heavy (non-hydrogen) atoms. The van der Waals surface area contributed by atoms with Gasteiger partial charge in [0.05, 0.1) is 17.9 Å². The van der Waals surface area contributed by atoms with Crippen molar-refractivity contribution in [3.05, 3.63) is 35.9 Å². The Morgan fingerprint density at radius 2 is 1.92 bits per heavy atom. The summed E-state index contributed by atoms with van der Waals surface area (Å²) in [4.78, 5) is 39.0. The van der Waals surface area contributed by atoms with Gasteiger partial charge in [-0.3, -0.25) is 9.59 Å². The predicted octanol–water partition coefficient (Wildman–Crippen LogP) is 1.71. The minimum Gasteiger partial charge on any atom is -0.481 e. The number of nitrogens with one attached hydrogen (secondary N) is 1. The fraction of sp³-hybridized carbons (Fsp3) is 0.500. The molecule has 0 aromatic heterocycles. The number of aliphatic carboxylic acids is 1. The molecular formula is C18H25N3O4. The van der Waals surface area contributed by atoms with Gasteiger partial charge in [0.25, 0.3) is 0 Å². The van der Waals surface area contributed by atoms with Crippen LogP contribution in [0.4, 0.5) is 4.79 Å². The summed E-state index contributed by atoms with van der Waals surface area (Å²) >= 11 is 0. The van der Waals surface area contributed by atoms with Gasteiger partial charge in [0.15, 0.2) is 0 Å². The minimum atomic E-state index is -0.918. The maximum absolute atomic E-state index is 12.6. The molecule has 0 saturated carbocycles. The topological polar surface area (TPSA) is 90.0 Å². The van der Waals surface area contributed by atoms with Crippen LogP contribution in [0.5, 0.6) is 0 Å². The number of nitrogens with zero attached hydrogens (tertiary/aromatic N) is 2. The average Bonchev–Trinajstić information content (AvgIpc) is 2.99. The van der Waals surface area contributed by atoms with Gasteiger partial charge in [-0.15, -0.1) is 0 Å². The normalized spacial score (nSPS) is 20.8. The molecule has 2 unspecified atom stereocenters. The monoisotopic (exact) mass is 347 g/mol. The summed E-state index contributed by atoms with van der Waals surface area (Å²) in [5.74, 6) is -0.990. The zero-order valence-corrected chi connectivity index (χ0v) is 14.9. The van der Waals surface area contributed by atoms with Crippen molar-refractivity contribution in [3.8, 4) is 0 Å². The molecule has 2 N–H and O–H groups in total. The summed E-state index contributed by atoms with van der Waals surface area (Å²) in [7, 11) is 3.34. The molecular weight excluding hydrogens is 322 g/mol. The number of carboxylic acids is 1. The lowest BCUT2D eigenvalue weighted by Crippen LogP contribution is -2.43. The van der Waals surface area contributed by atoms with E-state index < -0.39 is 17.4 Å². The number of hydrogen-bond acceptors (Lipinski definition) is 3. The van der Waals surface area contributed by atoms with Gasteiger partial charge in [-0.2, -0.15) is 0 Å². The van der Waals surface area contributed by atoms with Gasteiger partial charge < -0.3 is 20.2 Å². The van der Waals surface area contributed by atoms with Crippen molar-refractivity contribution in [2.24, 2.45) is 5.41 Å². The van der Waals surface area contributed by atoms with E-state index in [1.54, 1.807) is 21.0 Å². The van der Waals surface area contributed by atoms with E-state index in [1.807, 2.05) is 30.3 Å². The Balaban J connectivity index is 2.10. The second-order valence-corrected chi connectivity index (χ2v) is 6.94. The lowest BCUT2D eigenvalue weighted by molar-refractivity contribution is -0.147. The Kier molecular flexibility index (Phi) is 5.66. The number of carboxylic acid groups (broad SMARTS) is 1. The highest BCUT2D eigenvalue weighted by molar-refractivity contribution is 5.81. The summed E-state index contributed by atoms with van der Waals surface area (Å²) in [5, 5.41) is 12.2. The van der Waals surface area contributed by atoms with Gasteiger partial charge in [-0.1, -0.05) is 30.3 Å². The first kappa shape index (κ1) is 18.8. The van der Waals surface area contributed by atoms with Crippen molar-refractivity contribution >= 4 is 17.9 Å². The van der Waals surface area contributed by atoms with Crippen molar-refractivity contribution < 1.29 is 19.5 Å². The summed E-state index contributed by atoms with van der Waals surface area (Å²) in [6, 6.07) is 8.50. The van der Waals surface area contributed by atoms with E-state index in [9.17, 15) is 19.5 Å². The highest BCUT2D eigenvalue weighted by Gasteiger charge is 2.42. The minimum absolute atomic E-state index is 0.0917. The Morgan fingerprint density at radius 3 is 2.44 bits per heavy atom. The molecule has 7 nitrogen and oxygen atoms in total. The van der Waals surface area contributed by atoms with Crippen LogP contribution in [-0.4, -0.2) is 60.0 Å². The number of urea groups is 1. The molecule has 136 valence electrons. The van der Waals surface area contributed by atoms with Crippen LogP contribution >= 0.6 is 0 Å². The van der Waals surface area contributed by atoms with E-state index in [4.69, 9.17) is 0 Å². The van der Waals surface area contributed by atoms with E-state index >= 15 is 0 Å². The summed E-state index contributed by atoms with van der Waals surface area (Å²) in [6.07, 6.45) is 0.565. The van der Waals surface area contributed by atoms with Gasteiger partial charge >= 0.3 is 12.0 Å². The Morgan fingerprint density at radius 1 is 1.28 bits per heavy atom. The fourth-order valence-corrected chi connectivity index (χ4v) is 2.84. The molecule has 1 aliphatic rings. The van der Waals surface area contributed by atoms with Crippen molar-refractivity contribution in [1.82, 2.24) is 15.1 Å². The number of likely N-dealkylation sites (tertiary alicyclic amines) is 1. The summed E-state index contributed by atoms with van der Waals surface area (Å²) < 4.78 is 0. The number of benzene rings is 1. The third-order valence-corrected chi connectivity index (χ3v) is 4.65. The maximum atomic E-state index is 12.6. The smallest absolute Gasteiger partial charge is 0.317 e. The van der Waals surface area contributed by atoms with Crippen LogP contribution in [-0.2, 0) is 9.59 Å². The van der Waals surface area contributed by atoms with E-state index in [-0.39, 0.29) is 24.9 Å². The average molecular weight is 347 g/mol. The fourth-order valence-electron chi connectivity index (χ4n) is 2.84. The highest BCUT2D eigenvalue weighted by Crippen LogP contribution is 2.30. The van der Waals surface area contributed by atoms with Gasteiger partial charge in [0, 0.05) is 27.2 Å². The molecule has 1 heterocycles. The SMILES string of the molecule is CN(C)C(=O)CC(NC(=O)N1CCC(C)(C(=O)O)C1)c1ccccc1. The van der Waals surface area contributed by atoms with Gasteiger partial charge in [-0.05, 0) is 18.9 Å². The van der Waals surface area contributed by atoms with Gasteiger partial charge in [0.1, 0.15) is 0 Å². The Labute approximate surface area is 147 Å². The largest absolute Gasteiger partial charge is 0.481 e. The quantitative estimate of drug-likeness (QED) is 0.848. The summed E-state index contributed by atoms with van der Waals surface area (Å²) in [6.45, 7) is 2.20. The lowest BCUT2D eigenvalue weighted by Gasteiger charge is -2.25. The molecule has 0 radical (unpaired) electrons. The van der Waals surface area contributed by atoms with Crippen LogP contribution < -0.4 is 5.32 Å². The second-order valence-electron chi connectivity index (χ2n) is 6.94. The molecule has 2 rings (SSSR count). The number of carbonyl (C=O) groups is 3. The van der Waals surface area contributed by atoms with Crippen molar-refractivity contribution in [3.63, 3.8) is 0 Å². The van der Waals surface area contributed by atoms with E-state index in [0.29, 0.717) is 13.0 Å². The number of carbonyl (C=O) groups excluding carboxylic acids is 2. The molecule has 1 fully saturated rings. The third kappa shape index (κ3) is 4.49. The molecule has 1 saturated heterocycles. The van der Waals surface area contributed by atoms with Crippen LogP contribution in [0.25, 0.3) is 0 Å². The molecule has 1 aliphatic heterocycles. The first-order valence-electron chi connectivity index (χ1n) is 8.27.